The molecule has 1 aliphatic rings. The van der Waals surface area contributed by atoms with Gasteiger partial charge in [0, 0.05) is 16.1 Å². The van der Waals surface area contributed by atoms with Crippen LogP contribution < -0.4 is 10.1 Å². The van der Waals surface area contributed by atoms with E-state index >= 15 is 0 Å². The van der Waals surface area contributed by atoms with E-state index in [1.165, 1.54) is 23.1 Å². The van der Waals surface area contributed by atoms with Crippen molar-refractivity contribution in [3.63, 3.8) is 0 Å². The highest BCUT2D eigenvalue weighted by molar-refractivity contribution is 9.10. The van der Waals surface area contributed by atoms with Gasteiger partial charge in [0.25, 0.3) is 0 Å². The highest BCUT2D eigenvalue weighted by Crippen LogP contribution is 2.42. The summed E-state index contributed by atoms with van der Waals surface area (Å²) in [5.41, 5.74) is 4.24. The number of nitrogens with one attached hydrogen (secondary N) is 1. The molecule has 21 heavy (non-hydrogen) atoms. The van der Waals surface area contributed by atoms with Crippen LogP contribution in [0.4, 0.5) is 0 Å². The second-order valence-electron chi connectivity index (χ2n) is 5.56. The molecule has 2 aromatic rings. The van der Waals surface area contributed by atoms with E-state index in [4.69, 9.17) is 4.74 Å². The Hall–Kier alpha value is -1.32. The van der Waals surface area contributed by atoms with Gasteiger partial charge in [0.2, 0.25) is 0 Å². The van der Waals surface area contributed by atoms with Crippen LogP contribution in [-0.2, 0) is 6.42 Å². The minimum Gasteiger partial charge on any atom is -0.496 e. The minimum absolute atomic E-state index is 0.311. The molecule has 0 bridgehead atoms. The molecule has 0 saturated heterocycles. The van der Waals surface area contributed by atoms with Gasteiger partial charge < -0.3 is 10.1 Å². The molecule has 0 saturated carbocycles. The Morgan fingerprint density at radius 3 is 2.81 bits per heavy atom. The van der Waals surface area contributed by atoms with E-state index in [2.05, 4.69) is 57.6 Å². The third kappa shape index (κ3) is 2.85. The van der Waals surface area contributed by atoms with Crippen LogP contribution in [0.3, 0.4) is 0 Å². The van der Waals surface area contributed by atoms with Gasteiger partial charge in [0.05, 0.1) is 7.11 Å². The third-order valence-corrected chi connectivity index (χ3v) is 4.89. The van der Waals surface area contributed by atoms with Gasteiger partial charge in [-0.2, -0.15) is 0 Å². The first-order valence-corrected chi connectivity index (χ1v) is 8.10. The summed E-state index contributed by atoms with van der Waals surface area (Å²) >= 11 is 3.50. The normalized spacial score (nSPS) is 17.8. The van der Waals surface area contributed by atoms with Crippen molar-refractivity contribution in [1.29, 1.82) is 0 Å². The second-order valence-corrected chi connectivity index (χ2v) is 6.48. The molecule has 2 aromatic carbocycles. The van der Waals surface area contributed by atoms with Crippen molar-refractivity contribution < 1.29 is 4.74 Å². The zero-order valence-electron chi connectivity index (χ0n) is 12.4. The van der Waals surface area contributed by atoms with E-state index in [0.29, 0.717) is 12.0 Å². The van der Waals surface area contributed by atoms with Gasteiger partial charge in [0.1, 0.15) is 5.75 Å². The maximum atomic E-state index is 5.54. The van der Waals surface area contributed by atoms with Gasteiger partial charge >= 0.3 is 0 Å². The SMILES string of the molecule is CNC(CC1Cc2ccccc21)c1ccc(Br)cc1OC. The number of fused-ring (bicyclic) bond motifs is 1. The molecule has 2 unspecified atom stereocenters. The zero-order chi connectivity index (χ0) is 14.8. The van der Waals surface area contributed by atoms with Crippen LogP contribution in [0.1, 0.15) is 35.1 Å². The Bertz CT molecular complexity index is 641. The lowest BCUT2D eigenvalue weighted by atomic mass is 9.73. The Balaban J connectivity index is 1.81. The summed E-state index contributed by atoms with van der Waals surface area (Å²) in [7, 11) is 3.76. The number of ether oxygens (including phenoxy) is 1. The fourth-order valence-electron chi connectivity index (χ4n) is 3.23. The standard InChI is InChI=1S/C18H20BrNO/c1-20-17(16-8-7-14(19)11-18(16)21-2)10-13-9-12-5-3-4-6-15(12)13/h3-8,11,13,17,20H,9-10H2,1-2H3. The average Bonchev–Trinajstić information content (AvgIpc) is 2.49. The van der Waals surface area contributed by atoms with Crippen molar-refractivity contribution in [3.05, 3.63) is 63.6 Å². The quantitative estimate of drug-likeness (QED) is 0.864. The number of benzene rings is 2. The topological polar surface area (TPSA) is 21.3 Å². The molecule has 1 N–H and O–H groups in total. The number of hydrogen-bond donors (Lipinski definition) is 1. The summed E-state index contributed by atoms with van der Waals surface area (Å²) in [5.74, 6) is 1.59. The summed E-state index contributed by atoms with van der Waals surface area (Å²) < 4.78 is 6.59. The van der Waals surface area contributed by atoms with Crippen LogP contribution >= 0.6 is 15.9 Å². The molecule has 0 amide bonds. The zero-order valence-corrected chi connectivity index (χ0v) is 14.0. The van der Waals surface area contributed by atoms with Crippen molar-refractivity contribution in [3.8, 4) is 5.75 Å². The number of methoxy groups -OCH3 is 1. The van der Waals surface area contributed by atoms with E-state index in [-0.39, 0.29) is 0 Å². The van der Waals surface area contributed by atoms with Gasteiger partial charge in [-0.05, 0) is 49.1 Å². The molecule has 0 radical (unpaired) electrons. The van der Waals surface area contributed by atoms with Gasteiger partial charge in [-0.15, -0.1) is 0 Å². The van der Waals surface area contributed by atoms with Crippen molar-refractivity contribution in [2.24, 2.45) is 0 Å². The first kappa shape index (κ1) is 14.6. The first-order chi connectivity index (χ1) is 10.2. The van der Waals surface area contributed by atoms with Crippen molar-refractivity contribution in [2.45, 2.75) is 24.8 Å². The Morgan fingerprint density at radius 2 is 2.10 bits per heavy atom. The predicted molar refractivity (Wildman–Crippen MR) is 90.0 cm³/mol. The first-order valence-electron chi connectivity index (χ1n) is 7.31. The van der Waals surface area contributed by atoms with Gasteiger partial charge in [-0.3, -0.25) is 0 Å². The molecule has 2 nitrogen and oxygen atoms in total. The monoisotopic (exact) mass is 345 g/mol. The molecule has 0 fully saturated rings. The minimum atomic E-state index is 0.311. The average molecular weight is 346 g/mol. The van der Waals surface area contributed by atoms with Crippen molar-refractivity contribution in [2.75, 3.05) is 14.2 Å². The van der Waals surface area contributed by atoms with Gasteiger partial charge in [0.15, 0.2) is 0 Å². The Morgan fingerprint density at radius 1 is 1.29 bits per heavy atom. The predicted octanol–water partition coefficient (Wildman–Crippen LogP) is 4.45. The molecule has 0 spiro atoms. The molecule has 0 heterocycles. The Kier molecular flexibility index (Phi) is 4.32. The number of rotatable bonds is 5. The van der Waals surface area contributed by atoms with Gasteiger partial charge in [-0.25, -0.2) is 0 Å². The van der Waals surface area contributed by atoms with Crippen LogP contribution in [0.5, 0.6) is 5.75 Å². The lowest BCUT2D eigenvalue weighted by Gasteiger charge is -2.33. The third-order valence-electron chi connectivity index (χ3n) is 4.40. The highest BCUT2D eigenvalue weighted by atomic mass is 79.9. The van der Waals surface area contributed by atoms with Crippen molar-refractivity contribution >= 4 is 15.9 Å². The summed E-state index contributed by atoms with van der Waals surface area (Å²) in [4.78, 5) is 0. The van der Waals surface area contributed by atoms with E-state index in [1.807, 2.05) is 13.1 Å². The molecular formula is C18H20BrNO. The van der Waals surface area contributed by atoms with Crippen LogP contribution in [0.25, 0.3) is 0 Å². The molecule has 110 valence electrons. The lowest BCUT2D eigenvalue weighted by molar-refractivity contribution is 0.389. The van der Waals surface area contributed by atoms with E-state index in [9.17, 15) is 0 Å². The second kappa shape index (κ2) is 6.20. The molecule has 3 rings (SSSR count). The summed E-state index contributed by atoms with van der Waals surface area (Å²) in [5, 5.41) is 3.45. The van der Waals surface area contributed by atoms with Crippen LogP contribution in [-0.4, -0.2) is 14.2 Å². The largest absolute Gasteiger partial charge is 0.496 e. The lowest BCUT2D eigenvalue weighted by Crippen LogP contribution is -2.25. The molecule has 3 heteroatoms. The molecule has 0 aliphatic heterocycles. The maximum Gasteiger partial charge on any atom is 0.124 e. The van der Waals surface area contributed by atoms with Crippen LogP contribution in [0.2, 0.25) is 0 Å². The maximum absolute atomic E-state index is 5.54. The van der Waals surface area contributed by atoms with Gasteiger partial charge in [-0.1, -0.05) is 46.3 Å². The number of halogens is 1. The molecular weight excluding hydrogens is 326 g/mol. The molecule has 2 atom stereocenters. The number of hydrogen-bond acceptors (Lipinski definition) is 2. The highest BCUT2D eigenvalue weighted by Gasteiger charge is 2.29. The fourth-order valence-corrected chi connectivity index (χ4v) is 3.57. The fraction of sp³-hybridized carbons (Fsp3) is 0.333. The molecule has 1 aliphatic carbocycles. The summed E-state index contributed by atoms with van der Waals surface area (Å²) in [6.07, 6.45) is 2.29. The summed E-state index contributed by atoms with van der Waals surface area (Å²) in [6, 6.07) is 15.3. The van der Waals surface area contributed by atoms with E-state index in [0.717, 1.165) is 16.6 Å². The summed E-state index contributed by atoms with van der Waals surface area (Å²) in [6.45, 7) is 0. The van der Waals surface area contributed by atoms with Crippen LogP contribution in [0.15, 0.2) is 46.9 Å². The van der Waals surface area contributed by atoms with Crippen molar-refractivity contribution in [1.82, 2.24) is 5.32 Å². The van der Waals surface area contributed by atoms with E-state index < -0.39 is 0 Å². The van der Waals surface area contributed by atoms with Crippen LogP contribution in [0, 0.1) is 0 Å². The molecule has 0 aromatic heterocycles. The Labute approximate surface area is 134 Å². The smallest absolute Gasteiger partial charge is 0.124 e. The van der Waals surface area contributed by atoms with E-state index in [1.54, 1.807) is 7.11 Å².